The molecule has 2 amide bonds. The summed E-state index contributed by atoms with van der Waals surface area (Å²) in [5.74, 6) is -0.236. The maximum atomic E-state index is 12.0. The summed E-state index contributed by atoms with van der Waals surface area (Å²) in [6.07, 6.45) is 0. The van der Waals surface area contributed by atoms with E-state index in [1.54, 1.807) is 0 Å². The molecule has 0 saturated heterocycles. The maximum Gasteiger partial charge on any atom is 0.237 e. The minimum Gasteiger partial charge on any atom is -0.351 e. The van der Waals surface area contributed by atoms with E-state index in [2.05, 4.69) is 10.6 Å². The van der Waals surface area contributed by atoms with Gasteiger partial charge in [-0.05, 0) is 23.1 Å². The highest BCUT2D eigenvalue weighted by Crippen LogP contribution is 2.17. The summed E-state index contributed by atoms with van der Waals surface area (Å²) in [5.41, 5.74) is 7.34. The van der Waals surface area contributed by atoms with Crippen LogP contribution in [0.4, 0.5) is 5.69 Å². The molecule has 0 aromatic heterocycles. The van der Waals surface area contributed by atoms with Crippen LogP contribution in [0.15, 0.2) is 24.3 Å². The van der Waals surface area contributed by atoms with Crippen LogP contribution in [0.5, 0.6) is 0 Å². The molecule has 1 aromatic rings. The van der Waals surface area contributed by atoms with Crippen LogP contribution >= 0.6 is 12.4 Å². The predicted molar refractivity (Wildman–Crippen MR) is 96.4 cm³/mol. The molecule has 23 heavy (non-hydrogen) atoms. The Balaban J connectivity index is 0.00000484. The first-order valence-electron chi connectivity index (χ1n) is 7.54. The summed E-state index contributed by atoms with van der Waals surface area (Å²) < 4.78 is 0. The summed E-state index contributed by atoms with van der Waals surface area (Å²) >= 11 is 0. The van der Waals surface area contributed by atoms with E-state index in [0.717, 1.165) is 11.3 Å². The van der Waals surface area contributed by atoms with E-state index in [1.165, 1.54) is 0 Å². The van der Waals surface area contributed by atoms with E-state index in [9.17, 15) is 9.59 Å². The Morgan fingerprint density at radius 3 is 2.04 bits per heavy atom. The second kappa shape index (κ2) is 8.89. The van der Waals surface area contributed by atoms with Gasteiger partial charge in [0.25, 0.3) is 0 Å². The molecule has 1 rings (SSSR count). The van der Waals surface area contributed by atoms with Gasteiger partial charge in [-0.25, -0.2) is 0 Å². The van der Waals surface area contributed by atoms with Gasteiger partial charge < -0.3 is 16.4 Å². The SMILES string of the molecule is CC(C)C(=O)Nc1ccc(CNC(=O)[C@@H](N)C(C)(C)C)cc1.Cl. The largest absolute Gasteiger partial charge is 0.351 e. The fraction of sp³-hybridized carbons (Fsp3) is 0.529. The molecule has 0 aliphatic heterocycles. The highest BCUT2D eigenvalue weighted by Gasteiger charge is 2.26. The zero-order valence-electron chi connectivity index (χ0n) is 14.5. The third-order valence-electron chi connectivity index (χ3n) is 3.43. The molecule has 0 spiro atoms. The lowest BCUT2D eigenvalue weighted by Crippen LogP contribution is -2.48. The van der Waals surface area contributed by atoms with Gasteiger partial charge in [0.2, 0.25) is 11.8 Å². The minimum atomic E-state index is -0.544. The maximum absolute atomic E-state index is 12.0. The lowest BCUT2D eigenvalue weighted by atomic mass is 9.87. The lowest BCUT2D eigenvalue weighted by Gasteiger charge is -2.25. The average molecular weight is 342 g/mol. The van der Waals surface area contributed by atoms with Gasteiger partial charge in [-0.3, -0.25) is 9.59 Å². The number of nitrogens with two attached hydrogens (primary N) is 1. The molecule has 0 fully saturated rings. The normalized spacial score (nSPS) is 12.3. The van der Waals surface area contributed by atoms with Crippen molar-refractivity contribution in [1.29, 1.82) is 0 Å². The van der Waals surface area contributed by atoms with Gasteiger partial charge in [-0.15, -0.1) is 12.4 Å². The van der Waals surface area contributed by atoms with Crippen molar-refractivity contribution < 1.29 is 9.59 Å². The van der Waals surface area contributed by atoms with E-state index in [0.29, 0.717) is 6.54 Å². The van der Waals surface area contributed by atoms with Gasteiger partial charge in [0.05, 0.1) is 6.04 Å². The molecular weight excluding hydrogens is 314 g/mol. The van der Waals surface area contributed by atoms with Crippen molar-refractivity contribution in [2.75, 3.05) is 5.32 Å². The summed E-state index contributed by atoms with van der Waals surface area (Å²) in [4.78, 5) is 23.6. The van der Waals surface area contributed by atoms with Crippen molar-refractivity contribution in [2.24, 2.45) is 17.1 Å². The number of benzene rings is 1. The summed E-state index contributed by atoms with van der Waals surface area (Å²) in [5, 5.41) is 5.66. The second-order valence-electron chi connectivity index (χ2n) is 6.90. The van der Waals surface area contributed by atoms with Crippen LogP contribution < -0.4 is 16.4 Å². The Hall–Kier alpha value is -1.59. The third kappa shape index (κ3) is 7.01. The number of carbonyl (C=O) groups is 2. The Labute approximate surface area is 144 Å². The fourth-order valence-corrected chi connectivity index (χ4v) is 1.68. The first kappa shape index (κ1) is 21.4. The smallest absolute Gasteiger partial charge is 0.237 e. The number of hydrogen-bond donors (Lipinski definition) is 3. The van der Waals surface area contributed by atoms with Gasteiger partial charge in [0, 0.05) is 18.2 Å². The van der Waals surface area contributed by atoms with Crippen molar-refractivity contribution in [3.05, 3.63) is 29.8 Å². The Kier molecular flexibility index (Phi) is 8.28. The molecule has 0 aliphatic carbocycles. The molecule has 0 bridgehead atoms. The van der Waals surface area contributed by atoms with E-state index in [-0.39, 0.29) is 35.6 Å². The number of carbonyl (C=O) groups excluding carboxylic acids is 2. The van der Waals surface area contributed by atoms with Crippen LogP contribution in [0, 0.1) is 11.3 Å². The predicted octanol–water partition coefficient (Wildman–Crippen LogP) is 2.69. The van der Waals surface area contributed by atoms with Gasteiger partial charge in [-0.1, -0.05) is 46.8 Å². The highest BCUT2D eigenvalue weighted by molar-refractivity contribution is 5.92. The Morgan fingerprint density at radius 1 is 1.09 bits per heavy atom. The molecule has 1 atom stereocenters. The molecule has 6 heteroatoms. The van der Waals surface area contributed by atoms with Crippen LogP contribution in [-0.2, 0) is 16.1 Å². The van der Waals surface area contributed by atoms with E-state index in [4.69, 9.17) is 5.73 Å². The summed E-state index contributed by atoms with van der Waals surface area (Å²) in [6, 6.07) is 6.85. The molecule has 4 N–H and O–H groups in total. The number of anilines is 1. The first-order valence-corrected chi connectivity index (χ1v) is 7.54. The molecular formula is C17H28ClN3O2. The lowest BCUT2D eigenvalue weighted by molar-refractivity contribution is -0.124. The molecule has 0 aliphatic rings. The van der Waals surface area contributed by atoms with Crippen LogP contribution in [0.1, 0.15) is 40.2 Å². The standard InChI is InChI=1S/C17H27N3O2.ClH/c1-11(2)15(21)20-13-8-6-12(7-9-13)10-19-16(22)14(18)17(3,4)5;/h6-9,11,14H,10,18H2,1-5H3,(H,19,22)(H,20,21);1H/t14-;/m1./s1. The molecule has 1 aromatic carbocycles. The quantitative estimate of drug-likeness (QED) is 0.769. The van der Waals surface area contributed by atoms with Crippen LogP contribution in [0.2, 0.25) is 0 Å². The van der Waals surface area contributed by atoms with Crippen molar-refractivity contribution in [2.45, 2.75) is 47.2 Å². The third-order valence-corrected chi connectivity index (χ3v) is 3.43. The zero-order valence-corrected chi connectivity index (χ0v) is 15.3. The Morgan fingerprint density at radius 2 is 1.61 bits per heavy atom. The van der Waals surface area contributed by atoms with Crippen LogP contribution in [-0.4, -0.2) is 17.9 Å². The Bertz CT molecular complexity index is 522. The number of hydrogen-bond acceptors (Lipinski definition) is 3. The van der Waals surface area contributed by atoms with E-state index < -0.39 is 6.04 Å². The fourth-order valence-electron chi connectivity index (χ4n) is 1.68. The molecule has 0 unspecified atom stereocenters. The van der Waals surface area contributed by atoms with Crippen molar-refractivity contribution in [1.82, 2.24) is 5.32 Å². The first-order chi connectivity index (χ1) is 10.1. The zero-order chi connectivity index (χ0) is 16.9. The van der Waals surface area contributed by atoms with E-state index >= 15 is 0 Å². The van der Waals surface area contributed by atoms with Crippen molar-refractivity contribution in [3.8, 4) is 0 Å². The monoisotopic (exact) mass is 341 g/mol. The number of nitrogens with one attached hydrogen (secondary N) is 2. The van der Waals surface area contributed by atoms with Crippen LogP contribution in [0.3, 0.4) is 0 Å². The van der Waals surface area contributed by atoms with Crippen molar-refractivity contribution in [3.63, 3.8) is 0 Å². The van der Waals surface area contributed by atoms with Gasteiger partial charge in [-0.2, -0.15) is 0 Å². The molecule has 0 radical (unpaired) electrons. The second-order valence-corrected chi connectivity index (χ2v) is 6.90. The van der Waals surface area contributed by atoms with E-state index in [1.807, 2.05) is 58.9 Å². The molecule has 5 nitrogen and oxygen atoms in total. The highest BCUT2D eigenvalue weighted by atomic mass is 35.5. The number of amides is 2. The van der Waals surface area contributed by atoms with Crippen molar-refractivity contribution >= 4 is 29.9 Å². The number of rotatable bonds is 5. The molecule has 130 valence electrons. The summed E-state index contributed by atoms with van der Waals surface area (Å²) in [7, 11) is 0. The van der Waals surface area contributed by atoms with Crippen LogP contribution in [0.25, 0.3) is 0 Å². The minimum absolute atomic E-state index is 0. The van der Waals surface area contributed by atoms with Gasteiger partial charge in [0.15, 0.2) is 0 Å². The molecule has 0 heterocycles. The number of halogens is 1. The van der Waals surface area contributed by atoms with Gasteiger partial charge in [0.1, 0.15) is 0 Å². The summed E-state index contributed by atoms with van der Waals surface area (Å²) in [6.45, 7) is 9.91. The average Bonchev–Trinajstić information content (AvgIpc) is 2.44. The van der Waals surface area contributed by atoms with Gasteiger partial charge >= 0.3 is 0 Å². The molecule has 0 saturated carbocycles. The topological polar surface area (TPSA) is 84.2 Å².